The largest absolute Gasteiger partial charge is 0.353 e. The molecule has 0 N–H and O–H groups in total. The van der Waals surface area contributed by atoms with Crippen molar-refractivity contribution in [2.75, 3.05) is 13.2 Å². The van der Waals surface area contributed by atoms with E-state index in [-0.39, 0.29) is 12.2 Å². The highest BCUT2D eigenvalue weighted by molar-refractivity contribution is 6.42. The van der Waals surface area contributed by atoms with Crippen molar-refractivity contribution >= 4 is 23.2 Å². The lowest BCUT2D eigenvalue weighted by atomic mass is 9.96. The number of benzene rings is 1. The van der Waals surface area contributed by atoms with Crippen LogP contribution in [0.3, 0.4) is 0 Å². The second-order valence-corrected chi connectivity index (χ2v) is 5.98. The summed E-state index contributed by atoms with van der Waals surface area (Å²) in [6, 6.07) is 7.67. The molecular formula is C16H19Cl2NO2. The van der Waals surface area contributed by atoms with Crippen molar-refractivity contribution in [1.29, 1.82) is 5.26 Å². The van der Waals surface area contributed by atoms with E-state index in [0.717, 1.165) is 44.3 Å². The summed E-state index contributed by atoms with van der Waals surface area (Å²) in [5.41, 5.74) is 0.904. The Morgan fingerprint density at radius 1 is 1.33 bits per heavy atom. The maximum atomic E-state index is 9.30. The summed E-state index contributed by atoms with van der Waals surface area (Å²) in [6.45, 7) is 1.40. The molecule has 2 rings (SSSR count). The molecule has 0 radical (unpaired) electrons. The van der Waals surface area contributed by atoms with E-state index in [1.807, 2.05) is 6.07 Å². The van der Waals surface area contributed by atoms with Gasteiger partial charge in [-0.15, -0.1) is 0 Å². The molecule has 0 saturated carbocycles. The Bertz CT molecular complexity index is 496. The molecule has 0 spiro atoms. The minimum atomic E-state index is -0.185. The number of nitriles is 1. The molecule has 21 heavy (non-hydrogen) atoms. The second-order valence-electron chi connectivity index (χ2n) is 5.16. The predicted octanol–water partition coefficient (Wildman–Crippen LogP) is 4.92. The Morgan fingerprint density at radius 2 is 2.19 bits per heavy atom. The summed E-state index contributed by atoms with van der Waals surface area (Å²) < 4.78 is 11.2. The molecule has 114 valence electrons. The fraction of sp³-hybridized carbons (Fsp3) is 0.562. The molecule has 1 aromatic rings. The topological polar surface area (TPSA) is 42.2 Å². The maximum absolute atomic E-state index is 9.30. The van der Waals surface area contributed by atoms with Gasteiger partial charge in [0.25, 0.3) is 0 Å². The van der Waals surface area contributed by atoms with E-state index < -0.39 is 0 Å². The number of nitrogens with zero attached hydrogens (tertiary/aromatic N) is 1. The van der Waals surface area contributed by atoms with Crippen LogP contribution >= 0.6 is 23.2 Å². The third-order valence-electron chi connectivity index (χ3n) is 3.58. The molecule has 2 unspecified atom stereocenters. The highest BCUT2D eigenvalue weighted by atomic mass is 35.5. The first-order valence-corrected chi connectivity index (χ1v) is 8.04. The maximum Gasteiger partial charge on any atom is 0.157 e. The van der Waals surface area contributed by atoms with E-state index in [0.29, 0.717) is 16.7 Å². The van der Waals surface area contributed by atoms with Gasteiger partial charge in [-0.2, -0.15) is 5.26 Å². The molecule has 1 heterocycles. The van der Waals surface area contributed by atoms with Gasteiger partial charge >= 0.3 is 0 Å². The zero-order valence-electron chi connectivity index (χ0n) is 11.9. The number of rotatable bonds is 6. The summed E-state index contributed by atoms with van der Waals surface area (Å²) in [5, 5.41) is 10.3. The van der Waals surface area contributed by atoms with Gasteiger partial charge in [0.1, 0.15) is 0 Å². The number of hydrogen-bond donors (Lipinski definition) is 0. The Hall–Kier alpha value is -0.790. The van der Waals surface area contributed by atoms with Crippen molar-refractivity contribution in [3.05, 3.63) is 33.8 Å². The average Bonchev–Trinajstić information content (AvgIpc) is 2.51. The standard InChI is InChI=1S/C16H19Cl2NO2/c17-14-7-6-12(10-15(14)18)13(11-19)4-3-9-21-16-5-1-2-8-20-16/h6-7,10,13,16H,1-5,8-9H2. The van der Waals surface area contributed by atoms with Crippen molar-refractivity contribution in [3.63, 3.8) is 0 Å². The Kier molecular flexibility index (Phi) is 6.79. The van der Waals surface area contributed by atoms with Gasteiger partial charge in [0.2, 0.25) is 0 Å². The van der Waals surface area contributed by atoms with Crippen molar-refractivity contribution in [3.8, 4) is 6.07 Å². The molecule has 2 atom stereocenters. The Morgan fingerprint density at radius 3 is 2.86 bits per heavy atom. The summed E-state index contributed by atoms with van der Waals surface area (Å²) in [4.78, 5) is 0. The number of ether oxygens (including phenoxy) is 2. The quantitative estimate of drug-likeness (QED) is 0.696. The second kappa shape index (κ2) is 8.60. The molecule has 0 aliphatic carbocycles. The molecule has 0 bridgehead atoms. The van der Waals surface area contributed by atoms with Crippen LogP contribution in [0.2, 0.25) is 10.0 Å². The fourth-order valence-corrected chi connectivity index (χ4v) is 2.69. The highest BCUT2D eigenvalue weighted by Crippen LogP contribution is 2.28. The molecule has 1 aliphatic heterocycles. The van der Waals surface area contributed by atoms with E-state index in [9.17, 15) is 5.26 Å². The van der Waals surface area contributed by atoms with Crippen LogP contribution in [0.15, 0.2) is 18.2 Å². The van der Waals surface area contributed by atoms with Gasteiger partial charge in [0, 0.05) is 13.2 Å². The predicted molar refractivity (Wildman–Crippen MR) is 83.6 cm³/mol. The van der Waals surface area contributed by atoms with Gasteiger partial charge < -0.3 is 9.47 Å². The third kappa shape index (κ3) is 5.16. The highest BCUT2D eigenvalue weighted by Gasteiger charge is 2.15. The third-order valence-corrected chi connectivity index (χ3v) is 4.32. The summed E-state index contributed by atoms with van der Waals surface area (Å²) in [7, 11) is 0. The van der Waals surface area contributed by atoms with Crippen LogP contribution in [0.1, 0.15) is 43.6 Å². The lowest BCUT2D eigenvalue weighted by Gasteiger charge is -2.22. The fourth-order valence-electron chi connectivity index (χ4n) is 2.38. The molecule has 0 amide bonds. The van der Waals surface area contributed by atoms with Crippen LogP contribution < -0.4 is 0 Å². The average molecular weight is 328 g/mol. The minimum Gasteiger partial charge on any atom is -0.353 e. The first kappa shape index (κ1) is 16.6. The normalized spacial score (nSPS) is 20.0. The van der Waals surface area contributed by atoms with Gasteiger partial charge in [-0.25, -0.2) is 0 Å². The molecule has 1 saturated heterocycles. The van der Waals surface area contributed by atoms with Crippen LogP contribution in [-0.2, 0) is 9.47 Å². The zero-order valence-corrected chi connectivity index (χ0v) is 13.4. The van der Waals surface area contributed by atoms with Gasteiger partial charge in [0.05, 0.1) is 22.0 Å². The first-order chi connectivity index (χ1) is 10.2. The lowest BCUT2D eigenvalue weighted by Crippen LogP contribution is -2.22. The van der Waals surface area contributed by atoms with Crippen molar-refractivity contribution in [2.45, 2.75) is 44.3 Å². The lowest BCUT2D eigenvalue weighted by molar-refractivity contribution is -0.162. The van der Waals surface area contributed by atoms with Gasteiger partial charge in [-0.1, -0.05) is 29.3 Å². The zero-order chi connectivity index (χ0) is 15.1. The van der Waals surface area contributed by atoms with Gasteiger partial charge in [-0.05, 0) is 49.8 Å². The molecule has 1 fully saturated rings. The van der Waals surface area contributed by atoms with E-state index >= 15 is 0 Å². The van der Waals surface area contributed by atoms with Gasteiger partial charge in [0.15, 0.2) is 6.29 Å². The summed E-state index contributed by atoms with van der Waals surface area (Å²) >= 11 is 11.9. The molecule has 3 nitrogen and oxygen atoms in total. The molecule has 0 aromatic heterocycles. The number of hydrogen-bond acceptors (Lipinski definition) is 3. The van der Waals surface area contributed by atoms with Crippen LogP contribution in [-0.4, -0.2) is 19.5 Å². The number of halogens is 2. The molecular weight excluding hydrogens is 309 g/mol. The van der Waals surface area contributed by atoms with E-state index in [1.54, 1.807) is 12.1 Å². The van der Waals surface area contributed by atoms with Crippen molar-refractivity contribution < 1.29 is 9.47 Å². The molecule has 1 aromatic carbocycles. The molecule has 1 aliphatic rings. The van der Waals surface area contributed by atoms with Crippen molar-refractivity contribution in [2.24, 2.45) is 0 Å². The van der Waals surface area contributed by atoms with E-state index in [2.05, 4.69) is 6.07 Å². The van der Waals surface area contributed by atoms with Crippen LogP contribution in [0.25, 0.3) is 0 Å². The van der Waals surface area contributed by atoms with Crippen molar-refractivity contribution in [1.82, 2.24) is 0 Å². The summed E-state index contributed by atoms with van der Waals surface area (Å²) in [5.74, 6) is -0.185. The van der Waals surface area contributed by atoms with Crippen LogP contribution in [0.5, 0.6) is 0 Å². The Balaban J connectivity index is 1.77. The van der Waals surface area contributed by atoms with Crippen LogP contribution in [0, 0.1) is 11.3 Å². The van der Waals surface area contributed by atoms with Crippen LogP contribution in [0.4, 0.5) is 0 Å². The SMILES string of the molecule is N#CC(CCCOC1CCCCO1)c1ccc(Cl)c(Cl)c1. The molecule has 5 heteroatoms. The van der Waals surface area contributed by atoms with Gasteiger partial charge in [-0.3, -0.25) is 0 Å². The van der Waals surface area contributed by atoms with E-state index in [1.165, 1.54) is 0 Å². The smallest absolute Gasteiger partial charge is 0.157 e. The summed E-state index contributed by atoms with van der Waals surface area (Å²) in [6.07, 6.45) is 4.74. The first-order valence-electron chi connectivity index (χ1n) is 7.28. The van der Waals surface area contributed by atoms with E-state index in [4.69, 9.17) is 32.7 Å². The monoisotopic (exact) mass is 327 g/mol. The minimum absolute atomic E-state index is 0.0655. The Labute approximate surface area is 135 Å².